The Morgan fingerprint density at radius 3 is 2.37 bits per heavy atom. The molecule has 0 saturated heterocycles. The van der Waals surface area contributed by atoms with Crippen LogP contribution in [0.4, 0.5) is 5.13 Å². The molecule has 0 bridgehead atoms. The number of nitrogens with zero attached hydrogens (tertiary/aromatic N) is 5. The second kappa shape index (κ2) is 11.8. The molecule has 2 aromatic carbocycles. The normalized spacial score (nSPS) is 11.6. The number of hydrogen-bond acceptors (Lipinski definition) is 6. The van der Waals surface area contributed by atoms with Crippen LogP contribution in [0, 0.1) is 11.5 Å². The van der Waals surface area contributed by atoms with Crippen molar-refractivity contribution in [2.45, 2.75) is 64.7 Å². The number of thiazole rings is 1. The van der Waals surface area contributed by atoms with Crippen LogP contribution in [-0.4, -0.2) is 39.2 Å². The van der Waals surface area contributed by atoms with Crippen molar-refractivity contribution in [1.82, 2.24) is 25.2 Å². The van der Waals surface area contributed by atoms with E-state index in [1.54, 1.807) is 23.1 Å². The number of hydrogen-bond donors (Lipinski definition) is 1. The number of rotatable bonds is 8. The van der Waals surface area contributed by atoms with Crippen molar-refractivity contribution in [3.05, 3.63) is 76.9 Å². The highest BCUT2D eigenvalue weighted by Gasteiger charge is 2.41. The maximum atomic E-state index is 12.8. The lowest BCUT2D eigenvalue weighted by Crippen LogP contribution is -2.43. The van der Waals surface area contributed by atoms with Crippen molar-refractivity contribution in [2.24, 2.45) is 0 Å². The quantitative estimate of drug-likeness (QED) is 0.199. The molecule has 2 aromatic heterocycles. The molecule has 0 saturated carbocycles. The summed E-state index contributed by atoms with van der Waals surface area (Å²) in [5.74, 6) is 3.33. The number of carbonyl (C=O) groups excluding carboxylic acids is 1. The molecule has 0 radical (unpaired) electrons. The number of carbonyl (C=O) groups is 1. The highest BCUT2D eigenvalue weighted by atomic mass is 32.1. The van der Waals surface area contributed by atoms with Gasteiger partial charge in [-0.25, -0.2) is 9.67 Å². The van der Waals surface area contributed by atoms with E-state index >= 15 is 0 Å². The first-order valence-corrected chi connectivity index (χ1v) is 16.0. The fraction of sp³-hybridized carbons (Fsp3) is 0.345. The second-order valence-electron chi connectivity index (χ2n) is 10.4. The average molecular weight is 543 g/mol. The summed E-state index contributed by atoms with van der Waals surface area (Å²) in [5.41, 5.74) is 9.94. The second-order valence-corrected chi connectivity index (χ2v) is 16.9. The highest BCUT2D eigenvalue weighted by Crippen LogP contribution is 2.40. The Kier molecular flexibility index (Phi) is 8.54. The molecule has 9 heteroatoms. The molecule has 0 fully saturated rings. The molecule has 4 rings (SSSR count). The summed E-state index contributed by atoms with van der Waals surface area (Å²) < 4.78 is 1.63. The van der Waals surface area contributed by atoms with Crippen LogP contribution in [0.2, 0.25) is 16.6 Å². The number of anilines is 1. The van der Waals surface area contributed by atoms with Gasteiger partial charge in [-0.1, -0.05) is 71.7 Å². The lowest BCUT2D eigenvalue weighted by Gasteiger charge is -2.38. The Labute approximate surface area is 229 Å². The van der Waals surface area contributed by atoms with Gasteiger partial charge in [0.25, 0.3) is 5.91 Å². The molecule has 0 aliphatic heterocycles. The van der Waals surface area contributed by atoms with E-state index in [1.807, 2.05) is 29.6 Å². The summed E-state index contributed by atoms with van der Waals surface area (Å²) >= 11 is 1.41. The molecule has 0 unspecified atom stereocenters. The molecule has 196 valence electrons. The van der Waals surface area contributed by atoms with E-state index in [1.165, 1.54) is 11.3 Å². The predicted molar refractivity (Wildman–Crippen MR) is 157 cm³/mol. The number of benzene rings is 2. The van der Waals surface area contributed by atoms with Crippen molar-refractivity contribution >= 4 is 30.4 Å². The number of tetrazole rings is 1. The minimum absolute atomic E-state index is 0.197. The van der Waals surface area contributed by atoms with Crippen LogP contribution in [0.15, 0.2) is 60.2 Å². The number of nitrogens with one attached hydrogen (secondary N) is 1. The van der Waals surface area contributed by atoms with Crippen molar-refractivity contribution in [1.29, 1.82) is 0 Å². The SMILES string of the molecule is CC(C)[Si](C#Cc1cccc(-c2csc(NC(=O)c3ccc(Cn4cnnn4)cc3)n2)c1)(C(C)C)C(C)C. The molecular weight excluding hydrogens is 509 g/mol. The smallest absolute Gasteiger partial charge is 0.257 e. The average Bonchev–Trinajstić information content (AvgIpc) is 3.57. The minimum Gasteiger partial charge on any atom is -0.298 e. The van der Waals surface area contributed by atoms with Crippen molar-refractivity contribution in [3.63, 3.8) is 0 Å². The fourth-order valence-electron chi connectivity index (χ4n) is 5.20. The first kappa shape index (κ1) is 27.4. The zero-order valence-electron chi connectivity index (χ0n) is 22.8. The molecule has 38 heavy (non-hydrogen) atoms. The van der Waals surface area contributed by atoms with E-state index in [2.05, 4.69) is 91.0 Å². The maximum Gasteiger partial charge on any atom is 0.257 e. The monoisotopic (exact) mass is 542 g/mol. The van der Waals surface area contributed by atoms with Crippen LogP contribution < -0.4 is 5.32 Å². The molecule has 2 heterocycles. The summed E-state index contributed by atoms with van der Waals surface area (Å²) in [5, 5.41) is 16.6. The molecule has 1 N–H and O–H groups in total. The summed E-state index contributed by atoms with van der Waals surface area (Å²) in [7, 11) is -1.81. The van der Waals surface area contributed by atoms with E-state index in [9.17, 15) is 4.79 Å². The number of amides is 1. The van der Waals surface area contributed by atoms with Gasteiger partial charge in [0.2, 0.25) is 0 Å². The summed E-state index contributed by atoms with van der Waals surface area (Å²) in [4.78, 5) is 17.5. The first-order valence-electron chi connectivity index (χ1n) is 12.9. The minimum atomic E-state index is -1.81. The van der Waals surface area contributed by atoms with Gasteiger partial charge in [-0.3, -0.25) is 10.1 Å². The highest BCUT2D eigenvalue weighted by molar-refractivity contribution is 7.14. The van der Waals surface area contributed by atoms with Gasteiger partial charge in [0.1, 0.15) is 14.4 Å². The topological polar surface area (TPSA) is 85.6 Å². The van der Waals surface area contributed by atoms with Gasteiger partial charge in [-0.2, -0.15) is 0 Å². The molecular formula is C29H34N6OSSi. The molecule has 1 amide bonds. The third-order valence-electron chi connectivity index (χ3n) is 7.12. The van der Waals surface area contributed by atoms with Gasteiger partial charge in [0.15, 0.2) is 5.13 Å². The van der Waals surface area contributed by atoms with Gasteiger partial charge < -0.3 is 0 Å². The molecule has 7 nitrogen and oxygen atoms in total. The van der Waals surface area contributed by atoms with Gasteiger partial charge in [-0.05, 0) is 56.9 Å². The van der Waals surface area contributed by atoms with Crippen LogP contribution in [0.5, 0.6) is 0 Å². The van der Waals surface area contributed by atoms with E-state index in [-0.39, 0.29) is 5.91 Å². The number of aromatic nitrogens is 5. The third kappa shape index (κ3) is 6.09. The summed E-state index contributed by atoms with van der Waals surface area (Å²) in [6, 6.07) is 15.6. The maximum absolute atomic E-state index is 12.8. The van der Waals surface area contributed by atoms with Crippen molar-refractivity contribution < 1.29 is 4.79 Å². The van der Waals surface area contributed by atoms with Crippen LogP contribution in [0.3, 0.4) is 0 Å². The van der Waals surface area contributed by atoms with Gasteiger partial charge in [-0.15, -0.1) is 22.0 Å². The van der Waals surface area contributed by atoms with Crippen LogP contribution in [-0.2, 0) is 6.54 Å². The van der Waals surface area contributed by atoms with Gasteiger partial charge in [0.05, 0.1) is 12.2 Å². The molecule has 4 aromatic rings. The zero-order chi connectivity index (χ0) is 27.3. The fourth-order valence-corrected chi connectivity index (χ4v) is 11.1. The molecule has 0 aliphatic rings. The van der Waals surface area contributed by atoms with Crippen LogP contribution >= 0.6 is 11.3 Å². The van der Waals surface area contributed by atoms with E-state index in [0.29, 0.717) is 33.9 Å². The van der Waals surface area contributed by atoms with Crippen molar-refractivity contribution in [3.8, 4) is 22.7 Å². The van der Waals surface area contributed by atoms with Crippen LogP contribution in [0.25, 0.3) is 11.3 Å². The lowest BCUT2D eigenvalue weighted by molar-refractivity contribution is 0.102. The van der Waals surface area contributed by atoms with E-state index < -0.39 is 8.07 Å². The van der Waals surface area contributed by atoms with E-state index in [4.69, 9.17) is 0 Å². The van der Waals surface area contributed by atoms with E-state index in [0.717, 1.165) is 22.4 Å². The molecule has 0 atom stereocenters. The molecule has 0 spiro atoms. The Morgan fingerprint density at radius 2 is 1.74 bits per heavy atom. The summed E-state index contributed by atoms with van der Waals surface area (Å²) in [6.07, 6.45) is 1.56. The van der Waals surface area contributed by atoms with Gasteiger partial charge >= 0.3 is 0 Å². The zero-order valence-corrected chi connectivity index (χ0v) is 24.6. The lowest BCUT2D eigenvalue weighted by atomic mass is 10.1. The molecule has 0 aliphatic carbocycles. The summed E-state index contributed by atoms with van der Waals surface area (Å²) in [6.45, 7) is 14.5. The van der Waals surface area contributed by atoms with Crippen LogP contribution in [0.1, 0.15) is 63.0 Å². The Hall–Kier alpha value is -3.61. The Morgan fingerprint density at radius 1 is 1.03 bits per heavy atom. The standard InChI is InChI=1S/C29H34N6OSSi/c1-20(2)38(21(3)4,22(5)6)15-14-23-8-7-9-26(16-23)27-18-37-29(31-27)32-28(36)25-12-10-24(11-13-25)17-35-19-30-33-34-35/h7-13,16,18-22H,17H2,1-6H3,(H,31,32,36). The first-order chi connectivity index (χ1) is 18.2. The largest absolute Gasteiger partial charge is 0.298 e. The Balaban J connectivity index is 1.47. The Bertz CT molecular complexity index is 1410. The third-order valence-corrected chi connectivity index (χ3v) is 14.2. The van der Waals surface area contributed by atoms with Crippen molar-refractivity contribution in [2.75, 3.05) is 5.32 Å². The van der Waals surface area contributed by atoms with Gasteiger partial charge in [0, 0.05) is 22.1 Å². The predicted octanol–water partition coefficient (Wildman–Crippen LogP) is 6.67.